The summed E-state index contributed by atoms with van der Waals surface area (Å²) in [4.78, 5) is 39.5. The lowest BCUT2D eigenvalue weighted by Gasteiger charge is -2.17. The quantitative estimate of drug-likeness (QED) is 0.267. The van der Waals surface area contributed by atoms with Gasteiger partial charge >= 0.3 is 0 Å². The van der Waals surface area contributed by atoms with E-state index >= 15 is 0 Å². The smallest absolute Gasteiger partial charge is 0.283 e. The van der Waals surface area contributed by atoms with Crippen LogP contribution in [-0.4, -0.2) is 17.7 Å². The van der Waals surface area contributed by atoms with E-state index in [2.05, 4.69) is 10.6 Å². The zero-order valence-electron chi connectivity index (χ0n) is 18.4. The van der Waals surface area contributed by atoms with Crippen LogP contribution in [0, 0.1) is 13.8 Å². The van der Waals surface area contributed by atoms with Crippen molar-refractivity contribution >= 4 is 81.2 Å². The van der Waals surface area contributed by atoms with E-state index in [1.54, 1.807) is 24.3 Å². The third-order valence-corrected chi connectivity index (χ3v) is 6.66. The molecule has 1 aliphatic rings. The number of carbonyl (C=O) groups is 3. The minimum Gasteiger partial charge on any atom is -0.350 e. The van der Waals surface area contributed by atoms with Crippen molar-refractivity contribution in [3.05, 3.63) is 97.1 Å². The Kier molecular flexibility index (Phi) is 7.10. The molecular weight excluding hydrogens is 532 g/mol. The molecule has 1 aliphatic heterocycles. The molecule has 35 heavy (non-hydrogen) atoms. The molecule has 0 saturated heterocycles. The van der Waals surface area contributed by atoms with E-state index in [4.69, 9.17) is 46.4 Å². The number of nitrogens with zero attached hydrogens (tertiary/aromatic N) is 1. The van der Waals surface area contributed by atoms with Crippen molar-refractivity contribution in [2.24, 2.45) is 0 Å². The number of hydrogen-bond donors (Lipinski definition) is 2. The second-order valence-electron chi connectivity index (χ2n) is 7.83. The second kappa shape index (κ2) is 9.91. The molecule has 0 atom stereocenters. The van der Waals surface area contributed by atoms with Crippen molar-refractivity contribution in [3.63, 3.8) is 0 Å². The first kappa shape index (κ1) is 25.1. The number of imide groups is 1. The summed E-state index contributed by atoms with van der Waals surface area (Å²) in [6.07, 6.45) is 0. The number of rotatable bonds is 5. The SMILES string of the molecule is Cc1ccc(NC(=O)c2cccc(NC3=C(Cl)C(=O)N(c4cc(Cl)c(Cl)cc4Cl)C3=O)c2)c(C)c1. The van der Waals surface area contributed by atoms with E-state index in [0.717, 1.165) is 16.0 Å². The lowest BCUT2D eigenvalue weighted by Crippen LogP contribution is -2.32. The van der Waals surface area contributed by atoms with Crippen molar-refractivity contribution < 1.29 is 14.4 Å². The molecule has 0 fully saturated rings. The molecule has 3 aromatic rings. The van der Waals surface area contributed by atoms with Crippen molar-refractivity contribution in [3.8, 4) is 0 Å². The molecule has 3 amide bonds. The summed E-state index contributed by atoms with van der Waals surface area (Å²) in [5, 5.41) is 5.73. The van der Waals surface area contributed by atoms with E-state index in [-0.39, 0.29) is 37.4 Å². The van der Waals surface area contributed by atoms with E-state index in [1.807, 2.05) is 32.0 Å². The van der Waals surface area contributed by atoms with Crippen molar-refractivity contribution in [2.45, 2.75) is 13.8 Å². The van der Waals surface area contributed by atoms with Gasteiger partial charge in [0.1, 0.15) is 10.7 Å². The largest absolute Gasteiger partial charge is 0.350 e. The maximum Gasteiger partial charge on any atom is 0.283 e. The van der Waals surface area contributed by atoms with Gasteiger partial charge in [-0.2, -0.15) is 0 Å². The minimum absolute atomic E-state index is 0.0487. The Balaban J connectivity index is 1.57. The van der Waals surface area contributed by atoms with Gasteiger partial charge in [-0.1, -0.05) is 70.2 Å². The Morgan fingerprint density at radius 1 is 0.829 bits per heavy atom. The van der Waals surface area contributed by atoms with Gasteiger partial charge < -0.3 is 10.6 Å². The Hall–Kier alpha value is -3.03. The van der Waals surface area contributed by atoms with Gasteiger partial charge in [0.05, 0.1) is 20.8 Å². The number of anilines is 3. The Morgan fingerprint density at radius 3 is 2.26 bits per heavy atom. The molecule has 0 aliphatic carbocycles. The first-order valence-corrected chi connectivity index (χ1v) is 11.8. The predicted octanol–water partition coefficient (Wildman–Crippen LogP) is 6.95. The lowest BCUT2D eigenvalue weighted by molar-refractivity contribution is -0.120. The Morgan fingerprint density at radius 2 is 1.54 bits per heavy atom. The van der Waals surface area contributed by atoms with Gasteiger partial charge in [-0.05, 0) is 55.8 Å². The van der Waals surface area contributed by atoms with Crippen LogP contribution >= 0.6 is 46.4 Å². The molecule has 0 bridgehead atoms. The topological polar surface area (TPSA) is 78.5 Å². The molecule has 3 aromatic carbocycles. The highest BCUT2D eigenvalue weighted by molar-refractivity contribution is 6.54. The molecule has 0 saturated carbocycles. The Labute approximate surface area is 221 Å². The minimum atomic E-state index is -0.775. The summed E-state index contributed by atoms with van der Waals surface area (Å²) in [5.41, 5.74) is 3.32. The number of benzene rings is 3. The molecular formula is C25H17Cl4N3O3. The van der Waals surface area contributed by atoms with E-state index < -0.39 is 11.8 Å². The summed E-state index contributed by atoms with van der Waals surface area (Å²) in [7, 11) is 0. The average Bonchev–Trinajstić information content (AvgIpc) is 3.01. The molecule has 1 heterocycles. The highest BCUT2D eigenvalue weighted by Crippen LogP contribution is 2.38. The first-order valence-electron chi connectivity index (χ1n) is 10.3. The molecule has 0 aromatic heterocycles. The van der Waals surface area contributed by atoms with E-state index in [1.165, 1.54) is 12.1 Å². The number of carbonyl (C=O) groups excluding carboxylic acids is 3. The summed E-state index contributed by atoms with van der Waals surface area (Å²) in [6, 6.07) is 14.8. The van der Waals surface area contributed by atoms with Gasteiger partial charge in [-0.25, -0.2) is 4.90 Å². The van der Waals surface area contributed by atoms with Gasteiger partial charge in [0.25, 0.3) is 17.7 Å². The lowest BCUT2D eigenvalue weighted by atomic mass is 10.1. The van der Waals surface area contributed by atoms with Crippen LogP contribution in [0.5, 0.6) is 0 Å². The molecule has 178 valence electrons. The van der Waals surface area contributed by atoms with Crippen LogP contribution in [0.4, 0.5) is 17.1 Å². The molecule has 2 N–H and O–H groups in total. The van der Waals surface area contributed by atoms with E-state index in [9.17, 15) is 14.4 Å². The van der Waals surface area contributed by atoms with Crippen molar-refractivity contribution in [1.29, 1.82) is 0 Å². The number of hydrogen-bond acceptors (Lipinski definition) is 4. The fraction of sp³-hybridized carbons (Fsp3) is 0.0800. The average molecular weight is 549 g/mol. The number of halogens is 4. The monoisotopic (exact) mass is 547 g/mol. The maximum absolute atomic E-state index is 13.1. The molecule has 0 spiro atoms. The number of nitrogens with one attached hydrogen (secondary N) is 2. The number of aryl methyl sites for hydroxylation is 2. The van der Waals surface area contributed by atoms with Gasteiger partial charge in [-0.3, -0.25) is 14.4 Å². The molecule has 6 nitrogen and oxygen atoms in total. The summed E-state index contributed by atoms with van der Waals surface area (Å²) >= 11 is 24.4. The van der Waals surface area contributed by atoms with Crippen molar-refractivity contribution in [2.75, 3.05) is 15.5 Å². The standard InChI is InChI=1S/C25H17Cl4N3O3/c1-12-6-7-19(13(2)8-12)31-23(33)14-4-3-5-15(9-14)30-22-21(29)24(34)32(25(22)35)20-11-17(27)16(26)10-18(20)28/h3-11,30H,1-2H3,(H,31,33). The van der Waals surface area contributed by atoms with Gasteiger partial charge in [0, 0.05) is 16.9 Å². The zero-order chi connectivity index (χ0) is 25.4. The van der Waals surface area contributed by atoms with Crippen LogP contribution in [0.2, 0.25) is 15.1 Å². The van der Waals surface area contributed by atoms with Crippen LogP contribution in [0.25, 0.3) is 0 Å². The van der Waals surface area contributed by atoms with Crippen LogP contribution in [0.15, 0.2) is 65.3 Å². The van der Waals surface area contributed by atoms with Crippen LogP contribution in [0.3, 0.4) is 0 Å². The predicted molar refractivity (Wildman–Crippen MR) is 141 cm³/mol. The third-order valence-electron chi connectivity index (χ3n) is 5.28. The van der Waals surface area contributed by atoms with Gasteiger partial charge in [0.15, 0.2) is 0 Å². The van der Waals surface area contributed by atoms with Crippen LogP contribution in [0.1, 0.15) is 21.5 Å². The summed E-state index contributed by atoms with van der Waals surface area (Å²) in [6.45, 7) is 3.88. The summed E-state index contributed by atoms with van der Waals surface area (Å²) < 4.78 is 0. The summed E-state index contributed by atoms with van der Waals surface area (Å²) in [5.74, 6) is -1.84. The molecule has 0 unspecified atom stereocenters. The van der Waals surface area contributed by atoms with E-state index in [0.29, 0.717) is 16.9 Å². The molecule has 10 heteroatoms. The highest BCUT2D eigenvalue weighted by atomic mass is 35.5. The van der Waals surface area contributed by atoms with Gasteiger partial charge in [0.2, 0.25) is 0 Å². The maximum atomic E-state index is 13.1. The zero-order valence-corrected chi connectivity index (χ0v) is 21.4. The third kappa shape index (κ3) is 5.02. The van der Waals surface area contributed by atoms with Crippen LogP contribution in [-0.2, 0) is 9.59 Å². The normalized spacial score (nSPS) is 13.5. The second-order valence-corrected chi connectivity index (χ2v) is 9.43. The highest BCUT2D eigenvalue weighted by Gasteiger charge is 2.40. The molecule has 0 radical (unpaired) electrons. The Bertz CT molecular complexity index is 1440. The van der Waals surface area contributed by atoms with Crippen molar-refractivity contribution in [1.82, 2.24) is 0 Å². The molecule has 4 rings (SSSR count). The van der Waals surface area contributed by atoms with Crippen LogP contribution < -0.4 is 15.5 Å². The van der Waals surface area contributed by atoms with Gasteiger partial charge in [-0.15, -0.1) is 0 Å². The number of amides is 3. The fourth-order valence-electron chi connectivity index (χ4n) is 3.54. The first-order chi connectivity index (χ1) is 16.6. The fourth-order valence-corrected chi connectivity index (χ4v) is 4.38.